The summed E-state index contributed by atoms with van der Waals surface area (Å²) in [4.78, 5) is 17.0. The average Bonchev–Trinajstić information content (AvgIpc) is 3.30. The smallest absolute Gasteiger partial charge is 0.227 e. The Hall–Kier alpha value is -2.14. The molecule has 1 aromatic heterocycles. The van der Waals surface area contributed by atoms with Crippen LogP contribution in [0.1, 0.15) is 18.4 Å². The van der Waals surface area contributed by atoms with E-state index >= 15 is 0 Å². The monoisotopic (exact) mass is 310 g/mol. The topological polar surface area (TPSA) is 41.4 Å². The fourth-order valence-corrected chi connectivity index (χ4v) is 3.25. The predicted molar refractivity (Wildman–Crippen MR) is 88.4 cm³/mol. The van der Waals surface area contributed by atoms with Crippen molar-refractivity contribution in [2.24, 2.45) is 0 Å². The van der Waals surface area contributed by atoms with Gasteiger partial charge in [0, 0.05) is 44.6 Å². The summed E-state index contributed by atoms with van der Waals surface area (Å²) in [7, 11) is 0. The molecule has 1 aliphatic heterocycles. The van der Waals surface area contributed by atoms with Crippen LogP contribution in [0.4, 0.5) is 0 Å². The zero-order chi connectivity index (χ0) is 15.6. The highest BCUT2D eigenvalue weighted by Crippen LogP contribution is 2.27. The van der Waals surface area contributed by atoms with Gasteiger partial charge in [0.25, 0.3) is 0 Å². The number of rotatable bonds is 4. The Morgan fingerprint density at radius 1 is 1.09 bits per heavy atom. The van der Waals surface area contributed by atoms with Gasteiger partial charge in [0.1, 0.15) is 0 Å². The molecule has 1 amide bonds. The van der Waals surface area contributed by atoms with Crippen molar-refractivity contribution in [1.29, 1.82) is 0 Å². The minimum Gasteiger partial charge on any atom is -0.340 e. The summed E-state index contributed by atoms with van der Waals surface area (Å²) in [6.07, 6.45) is 6.86. The van der Waals surface area contributed by atoms with Crippen molar-refractivity contribution < 1.29 is 4.79 Å². The SMILES string of the molecule is O=C(Cc1ccc(-n2cccn2)cc1)N1CCN(C2CC2)CC1. The van der Waals surface area contributed by atoms with E-state index in [-0.39, 0.29) is 5.91 Å². The van der Waals surface area contributed by atoms with Gasteiger partial charge in [0.15, 0.2) is 0 Å². The molecule has 1 aliphatic carbocycles. The number of amides is 1. The molecule has 2 aromatic rings. The number of benzene rings is 1. The summed E-state index contributed by atoms with van der Waals surface area (Å²) in [5.74, 6) is 0.243. The van der Waals surface area contributed by atoms with Crippen LogP contribution in [0.2, 0.25) is 0 Å². The molecule has 1 saturated carbocycles. The Morgan fingerprint density at radius 2 is 1.83 bits per heavy atom. The van der Waals surface area contributed by atoms with Crippen LogP contribution in [0.3, 0.4) is 0 Å². The van der Waals surface area contributed by atoms with E-state index in [0.717, 1.165) is 43.5 Å². The number of hydrogen-bond donors (Lipinski definition) is 0. The normalized spacial score (nSPS) is 19.0. The first-order valence-electron chi connectivity index (χ1n) is 8.40. The minimum atomic E-state index is 0.243. The van der Waals surface area contributed by atoms with Crippen molar-refractivity contribution in [3.63, 3.8) is 0 Å². The van der Waals surface area contributed by atoms with Gasteiger partial charge in [0.2, 0.25) is 5.91 Å². The second kappa shape index (κ2) is 6.16. The molecule has 2 aliphatic rings. The lowest BCUT2D eigenvalue weighted by atomic mass is 10.1. The molecule has 5 heteroatoms. The number of carbonyl (C=O) groups excluding carboxylic acids is 1. The van der Waals surface area contributed by atoms with Crippen molar-refractivity contribution in [3.05, 3.63) is 48.3 Å². The predicted octanol–water partition coefficient (Wildman–Crippen LogP) is 1.72. The van der Waals surface area contributed by atoms with Gasteiger partial charge in [-0.15, -0.1) is 0 Å². The first-order chi connectivity index (χ1) is 11.3. The van der Waals surface area contributed by atoms with Crippen molar-refractivity contribution >= 4 is 5.91 Å². The number of nitrogens with zero attached hydrogens (tertiary/aromatic N) is 4. The number of piperazine rings is 1. The Labute approximate surface area is 136 Å². The second-order valence-electron chi connectivity index (χ2n) is 6.44. The van der Waals surface area contributed by atoms with Crippen LogP contribution in [-0.4, -0.2) is 57.7 Å². The molecule has 1 saturated heterocycles. The van der Waals surface area contributed by atoms with E-state index in [1.807, 2.05) is 46.1 Å². The average molecular weight is 310 g/mol. The molecule has 5 nitrogen and oxygen atoms in total. The zero-order valence-corrected chi connectivity index (χ0v) is 13.3. The van der Waals surface area contributed by atoms with Crippen LogP contribution in [0.15, 0.2) is 42.7 Å². The molecule has 4 rings (SSSR count). The molecule has 2 fully saturated rings. The van der Waals surface area contributed by atoms with E-state index < -0.39 is 0 Å². The third kappa shape index (κ3) is 3.29. The number of aromatic nitrogens is 2. The van der Waals surface area contributed by atoms with Crippen LogP contribution in [0, 0.1) is 0 Å². The van der Waals surface area contributed by atoms with Gasteiger partial charge in [0.05, 0.1) is 12.1 Å². The standard InChI is InChI=1S/C18H22N4O/c23-18(21-12-10-20(11-13-21)16-6-7-16)14-15-2-4-17(5-3-15)22-9-1-8-19-22/h1-5,8-9,16H,6-7,10-14H2. The maximum atomic E-state index is 12.5. The van der Waals surface area contributed by atoms with E-state index in [4.69, 9.17) is 0 Å². The Balaban J connectivity index is 1.33. The molecule has 0 bridgehead atoms. The van der Waals surface area contributed by atoms with E-state index in [1.165, 1.54) is 12.8 Å². The largest absolute Gasteiger partial charge is 0.340 e. The summed E-state index contributed by atoms with van der Waals surface area (Å²) in [5.41, 5.74) is 2.08. The molecule has 0 spiro atoms. The lowest BCUT2D eigenvalue weighted by Crippen LogP contribution is -2.49. The Morgan fingerprint density at radius 3 is 2.43 bits per heavy atom. The third-order valence-corrected chi connectivity index (χ3v) is 4.79. The lowest BCUT2D eigenvalue weighted by Gasteiger charge is -2.34. The van der Waals surface area contributed by atoms with Gasteiger partial charge in [-0.25, -0.2) is 4.68 Å². The quantitative estimate of drug-likeness (QED) is 0.863. The van der Waals surface area contributed by atoms with Gasteiger partial charge in [-0.1, -0.05) is 12.1 Å². The number of hydrogen-bond acceptors (Lipinski definition) is 3. The third-order valence-electron chi connectivity index (χ3n) is 4.79. The highest BCUT2D eigenvalue weighted by molar-refractivity contribution is 5.79. The molecule has 1 aromatic carbocycles. The fourth-order valence-electron chi connectivity index (χ4n) is 3.25. The summed E-state index contributed by atoms with van der Waals surface area (Å²) in [5, 5.41) is 4.21. The molecule has 2 heterocycles. The van der Waals surface area contributed by atoms with Crippen molar-refractivity contribution in [2.75, 3.05) is 26.2 Å². The van der Waals surface area contributed by atoms with Crippen LogP contribution < -0.4 is 0 Å². The molecule has 23 heavy (non-hydrogen) atoms. The first kappa shape index (κ1) is 14.5. The van der Waals surface area contributed by atoms with Gasteiger partial charge >= 0.3 is 0 Å². The summed E-state index contributed by atoms with van der Waals surface area (Å²) in [6, 6.07) is 10.8. The summed E-state index contributed by atoms with van der Waals surface area (Å²) < 4.78 is 1.82. The second-order valence-corrected chi connectivity index (χ2v) is 6.44. The van der Waals surface area contributed by atoms with Crippen LogP contribution >= 0.6 is 0 Å². The summed E-state index contributed by atoms with van der Waals surface area (Å²) in [6.45, 7) is 3.82. The lowest BCUT2D eigenvalue weighted by molar-refractivity contribution is -0.132. The summed E-state index contributed by atoms with van der Waals surface area (Å²) >= 11 is 0. The van der Waals surface area contributed by atoms with E-state index in [1.54, 1.807) is 6.20 Å². The highest BCUT2D eigenvalue weighted by Gasteiger charge is 2.32. The van der Waals surface area contributed by atoms with E-state index in [0.29, 0.717) is 6.42 Å². The van der Waals surface area contributed by atoms with Gasteiger partial charge < -0.3 is 4.90 Å². The molecular formula is C18H22N4O. The van der Waals surface area contributed by atoms with Crippen LogP contribution in [0.25, 0.3) is 5.69 Å². The van der Waals surface area contributed by atoms with Crippen molar-refractivity contribution in [1.82, 2.24) is 19.6 Å². The molecule has 0 N–H and O–H groups in total. The molecular weight excluding hydrogens is 288 g/mol. The van der Waals surface area contributed by atoms with Gasteiger partial charge in [-0.2, -0.15) is 5.10 Å². The van der Waals surface area contributed by atoms with Crippen molar-refractivity contribution in [3.8, 4) is 5.69 Å². The Bertz CT molecular complexity index is 653. The van der Waals surface area contributed by atoms with E-state index in [2.05, 4.69) is 10.00 Å². The number of carbonyl (C=O) groups is 1. The van der Waals surface area contributed by atoms with Crippen molar-refractivity contribution in [2.45, 2.75) is 25.3 Å². The molecule has 0 radical (unpaired) electrons. The maximum Gasteiger partial charge on any atom is 0.227 e. The Kier molecular flexibility index (Phi) is 3.87. The molecule has 120 valence electrons. The van der Waals surface area contributed by atoms with Gasteiger partial charge in [-0.3, -0.25) is 9.69 Å². The van der Waals surface area contributed by atoms with Gasteiger partial charge in [-0.05, 0) is 36.6 Å². The first-order valence-corrected chi connectivity index (χ1v) is 8.40. The molecule has 0 unspecified atom stereocenters. The van der Waals surface area contributed by atoms with Crippen LogP contribution in [0.5, 0.6) is 0 Å². The highest BCUT2D eigenvalue weighted by atomic mass is 16.2. The fraction of sp³-hybridized carbons (Fsp3) is 0.444. The maximum absolute atomic E-state index is 12.5. The molecule has 0 atom stereocenters. The van der Waals surface area contributed by atoms with Crippen LogP contribution in [-0.2, 0) is 11.2 Å². The minimum absolute atomic E-state index is 0.243. The van der Waals surface area contributed by atoms with E-state index in [9.17, 15) is 4.79 Å². The zero-order valence-electron chi connectivity index (χ0n) is 13.3.